The minimum absolute atomic E-state index is 0.0314. The fourth-order valence-electron chi connectivity index (χ4n) is 2.01. The molecule has 6 heteroatoms. The van der Waals surface area contributed by atoms with E-state index in [1.807, 2.05) is 6.92 Å². The first-order valence-corrected chi connectivity index (χ1v) is 7.28. The van der Waals surface area contributed by atoms with E-state index >= 15 is 0 Å². The van der Waals surface area contributed by atoms with E-state index < -0.39 is 0 Å². The molecule has 0 aromatic carbocycles. The average Bonchev–Trinajstić information content (AvgIpc) is 2.76. The van der Waals surface area contributed by atoms with Gasteiger partial charge in [0.1, 0.15) is 17.6 Å². The average molecular weight is 284 g/mol. The molecule has 0 amide bonds. The van der Waals surface area contributed by atoms with Crippen molar-refractivity contribution in [1.29, 1.82) is 0 Å². The van der Waals surface area contributed by atoms with E-state index in [4.69, 9.17) is 15.2 Å². The van der Waals surface area contributed by atoms with Crippen molar-refractivity contribution in [1.82, 2.24) is 4.90 Å². The smallest absolute Gasteiger partial charge is 0.348 e. The first-order valence-electron chi connectivity index (χ1n) is 6.47. The third-order valence-electron chi connectivity index (χ3n) is 3.23. The summed E-state index contributed by atoms with van der Waals surface area (Å²) in [6.07, 6.45) is -0.0314. The first-order chi connectivity index (χ1) is 9.10. The summed E-state index contributed by atoms with van der Waals surface area (Å²) in [6.45, 7) is 7.75. The Kier molecular flexibility index (Phi) is 4.79. The number of nitrogens with two attached hydrogens (primary N) is 1. The van der Waals surface area contributed by atoms with Gasteiger partial charge in [0.2, 0.25) is 0 Å². The molecule has 0 aliphatic carbocycles. The fraction of sp³-hybridized carbons (Fsp3) is 0.615. The van der Waals surface area contributed by atoms with Crippen LogP contribution in [0.1, 0.15) is 21.5 Å². The fourth-order valence-corrected chi connectivity index (χ4v) is 2.84. The Morgan fingerprint density at radius 2 is 2.47 bits per heavy atom. The second-order valence-electron chi connectivity index (χ2n) is 4.61. The van der Waals surface area contributed by atoms with E-state index in [0.717, 1.165) is 24.5 Å². The lowest BCUT2D eigenvalue weighted by molar-refractivity contribution is -0.0577. The highest BCUT2D eigenvalue weighted by Gasteiger charge is 2.21. The van der Waals surface area contributed by atoms with Crippen LogP contribution in [0, 0.1) is 6.92 Å². The van der Waals surface area contributed by atoms with Crippen LogP contribution >= 0.6 is 11.3 Å². The lowest BCUT2D eigenvalue weighted by Crippen LogP contribution is -2.44. The number of carbonyl (C=O) groups is 1. The topological polar surface area (TPSA) is 64.8 Å². The van der Waals surface area contributed by atoms with Crippen molar-refractivity contribution >= 4 is 23.0 Å². The first kappa shape index (κ1) is 14.3. The van der Waals surface area contributed by atoms with Crippen molar-refractivity contribution in [3.05, 3.63) is 15.8 Å². The van der Waals surface area contributed by atoms with Crippen LogP contribution in [-0.2, 0) is 9.47 Å². The number of likely N-dealkylation sites (N-methyl/N-ethyl adjacent to an activating group) is 1. The molecule has 0 saturated carbocycles. The molecule has 2 rings (SSSR count). The van der Waals surface area contributed by atoms with E-state index in [0.29, 0.717) is 23.8 Å². The number of hydrogen-bond donors (Lipinski definition) is 1. The Morgan fingerprint density at radius 3 is 3.11 bits per heavy atom. The normalized spacial score (nSPS) is 20.4. The Bertz CT molecular complexity index is 428. The van der Waals surface area contributed by atoms with Gasteiger partial charge in [-0.3, -0.25) is 4.90 Å². The summed E-state index contributed by atoms with van der Waals surface area (Å²) in [4.78, 5) is 15.7. The maximum absolute atomic E-state index is 11.9. The van der Waals surface area contributed by atoms with Gasteiger partial charge in [-0.25, -0.2) is 4.79 Å². The molecule has 0 bridgehead atoms. The summed E-state index contributed by atoms with van der Waals surface area (Å²) < 4.78 is 10.9. The minimum Gasteiger partial charge on any atom is -0.459 e. The number of nitrogen functional groups attached to an aromatic ring is 1. The molecule has 1 unspecified atom stereocenters. The summed E-state index contributed by atoms with van der Waals surface area (Å²) >= 11 is 1.36. The van der Waals surface area contributed by atoms with E-state index in [1.54, 1.807) is 6.07 Å². The van der Waals surface area contributed by atoms with Crippen molar-refractivity contribution in [2.24, 2.45) is 0 Å². The van der Waals surface area contributed by atoms with Gasteiger partial charge < -0.3 is 15.2 Å². The summed E-state index contributed by atoms with van der Waals surface area (Å²) in [6, 6.07) is 1.67. The highest BCUT2D eigenvalue weighted by molar-refractivity contribution is 7.14. The summed E-state index contributed by atoms with van der Waals surface area (Å²) in [5, 5.41) is 0. The Morgan fingerprint density at radius 1 is 1.68 bits per heavy atom. The highest BCUT2D eigenvalue weighted by atomic mass is 32.1. The van der Waals surface area contributed by atoms with E-state index in [2.05, 4.69) is 11.8 Å². The van der Waals surface area contributed by atoms with E-state index in [9.17, 15) is 4.79 Å². The molecule has 1 aromatic rings. The molecule has 2 N–H and O–H groups in total. The zero-order valence-electron chi connectivity index (χ0n) is 11.3. The number of hydrogen-bond acceptors (Lipinski definition) is 6. The SMILES string of the molecule is CCN1CCOC(COC(=O)c2cc(N)c(C)s2)C1. The number of thiophene rings is 1. The molecular formula is C13H20N2O3S. The molecule has 1 aromatic heterocycles. The molecule has 0 spiro atoms. The predicted octanol–water partition coefficient (Wildman–Crippen LogP) is 1.52. The monoisotopic (exact) mass is 284 g/mol. The molecule has 5 nitrogen and oxygen atoms in total. The van der Waals surface area contributed by atoms with Crippen LogP contribution < -0.4 is 5.73 Å². The zero-order valence-corrected chi connectivity index (χ0v) is 12.2. The second-order valence-corrected chi connectivity index (χ2v) is 5.86. The minimum atomic E-state index is -0.318. The lowest BCUT2D eigenvalue weighted by Gasteiger charge is -2.31. The second kappa shape index (κ2) is 6.36. The van der Waals surface area contributed by atoms with Gasteiger partial charge in [-0.2, -0.15) is 0 Å². The molecule has 0 radical (unpaired) electrons. The Hall–Kier alpha value is -1.11. The maximum atomic E-state index is 11.9. The van der Waals surface area contributed by atoms with Gasteiger partial charge in [-0.05, 0) is 19.5 Å². The Balaban J connectivity index is 1.83. The van der Waals surface area contributed by atoms with Crippen LogP contribution in [0.2, 0.25) is 0 Å². The van der Waals surface area contributed by atoms with Gasteiger partial charge in [0.05, 0.1) is 6.61 Å². The quantitative estimate of drug-likeness (QED) is 0.849. The number of esters is 1. The van der Waals surface area contributed by atoms with Crippen molar-refractivity contribution in [2.75, 3.05) is 38.6 Å². The van der Waals surface area contributed by atoms with Gasteiger partial charge in [0, 0.05) is 23.7 Å². The molecule has 1 aliphatic heterocycles. The van der Waals surface area contributed by atoms with Gasteiger partial charge in [-0.1, -0.05) is 6.92 Å². The summed E-state index contributed by atoms with van der Waals surface area (Å²) in [5.41, 5.74) is 6.37. The van der Waals surface area contributed by atoms with Crippen LogP contribution in [0.15, 0.2) is 6.07 Å². The molecule has 1 aliphatic rings. The molecular weight excluding hydrogens is 264 g/mol. The highest BCUT2D eigenvalue weighted by Crippen LogP contribution is 2.24. The zero-order chi connectivity index (χ0) is 13.8. The molecule has 1 saturated heterocycles. The summed E-state index contributed by atoms with van der Waals surface area (Å²) in [7, 11) is 0. The van der Waals surface area contributed by atoms with Crippen molar-refractivity contribution < 1.29 is 14.3 Å². The van der Waals surface area contributed by atoms with Crippen LogP contribution in [0.5, 0.6) is 0 Å². The number of nitrogens with zero attached hydrogens (tertiary/aromatic N) is 1. The number of ether oxygens (including phenoxy) is 2. The third-order valence-corrected chi connectivity index (χ3v) is 4.27. The number of morpholine rings is 1. The molecule has 2 heterocycles. The van der Waals surface area contributed by atoms with E-state index in [-0.39, 0.29) is 12.1 Å². The van der Waals surface area contributed by atoms with Gasteiger partial charge >= 0.3 is 5.97 Å². The van der Waals surface area contributed by atoms with Crippen LogP contribution in [0.25, 0.3) is 0 Å². The van der Waals surface area contributed by atoms with Crippen LogP contribution in [0.4, 0.5) is 5.69 Å². The standard InChI is InChI=1S/C13H20N2O3S/c1-3-15-4-5-17-10(7-15)8-18-13(16)12-6-11(14)9(2)19-12/h6,10H,3-5,7-8,14H2,1-2H3. The van der Waals surface area contributed by atoms with Crippen molar-refractivity contribution in [3.8, 4) is 0 Å². The number of carbonyl (C=O) groups excluding carboxylic acids is 1. The van der Waals surface area contributed by atoms with E-state index in [1.165, 1.54) is 11.3 Å². The van der Waals surface area contributed by atoms with Gasteiger partial charge in [0.15, 0.2) is 0 Å². The number of anilines is 1. The van der Waals surface area contributed by atoms with Gasteiger partial charge in [-0.15, -0.1) is 11.3 Å². The Labute approximate surface area is 117 Å². The van der Waals surface area contributed by atoms with Crippen molar-refractivity contribution in [2.45, 2.75) is 20.0 Å². The van der Waals surface area contributed by atoms with Crippen LogP contribution in [0.3, 0.4) is 0 Å². The van der Waals surface area contributed by atoms with Crippen molar-refractivity contribution in [3.63, 3.8) is 0 Å². The third kappa shape index (κ3) is 3.68. The molecule has 1 fully saturated rings. The number of aryl methyl sites for hydroxylation is 1. The summed E-state index contributed by atoms with van der Waals surface area (Å²) in [5.74, 6) is -0.318. The molecule has 106 valence electrons. The number of rotatable bonds is 4. The lowest BCUT2D eigenvalue weighted by atomic mass is 10.3. The molecule has 1 atom stereocenters. The maximum Gasteiger partial charge on any atom is 0.348 e. The molecule has 19 heavy (non-hydrogen) atoms. The predicted molar refractivity (Wildman–Crippen MR) is 75.6 cm³/mol. The van der Waals surface area contributed by atoms with Gasteiger partial charge in [0.25, 0.3) is 0 Å². The largest absolute Gasteiger partial charge is 0.459 e. The van der Waals surface area contributed by atoms with Crippen LogP contribution in [-0.4, -0.2) is 49.8 Å².